The average molecular weight is 496 g/mol. The smallest absolute Gasteiger partial charge is 0.272 e. The Morgan fingerprint density at radius 2 is 1.65 bits per heavy atom. The SMILES string of the molecule is O=C(c1cccc(CS(=O)(=O)c2cc(Cl)c(Cl)cc2Cl)n1)N1CCc2ccccc2C1. The number of pyridine rings is 1. The maximum atomic E-state index is 13.0. The maximum absolute atomic E-state index is 13.0. The van der Waals surface area contributed by atoms with E-state index in [9.17, 15) is 13.2 Å². The van der Waals surface area contributed by atoms with E-state index in [-0.39, 0.29) is 37.3 Å². The maximum Gasteiger partial charge on any atom is 0.272 e. The zero-order valence-electron chi connectivity index (χ0n) is 16.2. The lowest BCUT2D eigenvalue weighted by Crippen LogP contribution is -2.36. The standard InChI is InChI=1S/C22H17Cl3N2O3S/c23-17-10-19(25)21(11-18(17)24)31(29,30)13-16-6-3-7-20(26-16)22(28)27-9-8-14-4-1-2-5-15(14)12-27/h1-7,10-11H,8-9,12-13H2. The molecule has 0 fully saturated rings. The zero-order chi connectivity index (χ0) is 22.2. The molecule has 1 aliphatic rings. The largest absolute Gasteiger partial charge is 0.333 e. The first kappa shape index (κ1) is 22.1. The van der Waals surface area contributed by atoms with Crippen LogP contribution in [-0.2, 0) is 28.6 Å². The number of benzene rings is 2. The first-order valence-electron chi connectivity index (χ1n) is 9.44. The summed E-state index contributed by atoms with van der Waals surface area (Å²) < 4.78 is 25.8. The van der Waals surface area contributed by atoms with Crippen LogP contribution in [0, 0.1) is 0 Å². The molecule has 2 heterocycles. The molecule has 2 aromatic carbocycles. The van der Waals surface area contributed by atoms with Crippen molar-refractivity contribution < 1.29 is 13.2 Å². The summed E-state index contributed by atoms with van der Waals surface area (Å²) in [5, 5.41) is 0.236. The van der Waals surface area contributed by atoms with Crippen molar-refractivity contribution in [2.24, 2.45) is 0 Å². The lowest BCUT2D eigenvalue weighted by Gasteiger charge is -2.28. The van der Waals surface area contributed by atoms with Crippen molar-refractivity contribution in [2.45, 2.75) is 23.6 Å². The molecule has 31 heavy (non-hydrogen) atoms. The Bertz CT molecular complexity index is 1280. The molecular weight excluding hydrogens is 479 g/mol. The highest BCUT2D eigenvalue weighted by Crippen LogP contribution is 2.33. The Hall–Kier alpha value is -2.12. The molecule has 0 spiro atoms. The Morgan fingerprint density at radius 3 is 2.42 bits per heavy atom. The number of hydrogen-bond acceptors (Lipinski definition) is 4. The molecule has 1 amide bonds. The van der Waals surface area contributed by atoms with E-state index in [1.165, 1.54) is 17.7 Å². The predicted octanol–water partition coefficient (Wildman–Crippen LogP) is 5.21. The summed E-state index contributed by atoms with van der Waals surface area (Å²) >= 11 is 17.9. The number of hydrogen-bond donors (Lipinski definition) is 0. The topological polar surface area (TPSA) is 67.3 Å². The number of carbonyl (C=O) groups is 1. The number of rotatable bonds is 4. The van der Waals surface area contributed by atoms with Gasteiger partial charge in [-0.25, -0.2) is 13.4 Å². The summed E-state index contributed by atoms with van der Waals surface area (Å²) in [4.78, 5) is 18.9. The molecular formula is C22H17Cl3N2O3S. The number of amides is 1. The highest BCUT2D eigenvalue weighted by Gasteiger charge is 2.25. The summed E-state index contributed by atoms with van der Waals surface area (Å²) in [6, 6.07) is 15.3. The van der Waals surface area contributed by atoms with E-state index < -0.39 is 15.6 Å². The van der Waals surface area contributed by atoms with E-state index in [0.717, 1.165) is 12.0 Å². The summed E-state index contributed by atoms with van der Waals surface area (Å²) in [5.41, 5.74) is 2.78. The second-order valence-corrected chi connectivity index (χ2v) is 10.4. The number of fused-ring (bicyclic) bond motifs is 1. The molecule has 1 aromatic heterocycles. The Balaban J connectivity index is 1.56. The minimum absolute atomic E-state index is 0.0198. The summed E-state index contributed by atoms with van der Waals surface area (Å²) in [5.74, 6) is -0.657. The van der Waals surface area contributed by atoms with Gasteiger partial charge in [0.25, 0.3) is 5.91 Å². The van der Waals surface area contributed by atoms with Crippen LogP contribution in [0.2, 0.25) is 15.1 Å². The quantitative estimate of drug-likeness (QED) is 0.466. The molecule has 0 saturated heterocycles. The molecule has 5 nitrogen and oxygen atoms in total. The summed E-state index contributed by atoms with van der Waals surface area (Å²) in [7, 11) is -3.85. The highest BCUT2D eigenvalue weighted by molar-refractivity contribution is 7.90. The van der Waals surface area contributed by atoms with Gasteiger partial charge in [0.15, 0.2) is 9.84 Å². The molecule has 0 N–H and O–H groups in total. The van der Waals surface area contributed by atoms with Gasteiger partial charge in [-0.05, 0) is 41.8 Å². The van der Waals surface area contributed by atoms with Gasteiger partial charge < -0.3 is 4.90 Å². The van der Waals surface area contributed by atoms with E-state index in [1.54, 1.807) is 23.1 Å². The second-order valence-electron chi connectivity index (χ2n) is 7.22. The van der Waals surface area contributed by atoms with E-state index in [4.69, 9.17) is 34.8 Å². The van der Waals surface area contributed by atoms with Crippen molar-refractivity contribution in [1.82, 2.24) is 9.88 Å². The van der Waals surface area contributed by atoms with E-state index >= 15 is 0 Å². The van der Waals surface area contributed by atoms with Crippen LogP contribution < -0.4 is 0 Å². The lowest BCUT2D eigenvalue weighted by atomic mass is 10.00. The molecule has 0 unspecified atom stereocenters. The number of aromatic nitrogens is 1. The van der Waals surface area contributed by atoms with Crippen LogP contribution in [0.3, 0.4) is 0 Å². The predicted molar refractivity (Wildman–Crippen MR) is 121 cm³/mol. The normalized spacial score (nSPS) is 13.7. The third-order valence-corrected chi connectivity index (χ3v) is 7.92. The van der Waals surface area contributed by atoms with Crippen LogP contribution in [0.5, 0.6) is 0 Å². The molecule has 0 saturated carbocycles. The van der Waals surface area contributed by atoms with Crippen LogP contribution in [0.4, 0.5) is 0 Å². The number of nitrogens with zero attached hydrogens (tertiary/aromatic N) is 2. The van der Waals surface area contributed by atoms with E-state index in [2.05, 4.69) is 11.1 Å². The van der Waals surface area contributed by atoms with Crippen molar-refractivity contribution in [2.75, 3.05) is 6.54 Å². The van der Waals surface area contributed by atoms with Gasteiger partial charge in [0.1, 0.15) is 5.69 Å². The lowest BCUT2D eigenvalue weighted by molar-refractivity contribution is 0.0728. The molecule has 9 heteroatoms. The Labute approximate surface area is 195 Å². The molecule has 0 aliphatic carbocycles. The van der Waals surface area contributed by atoms with Crippen molar-refractivity contribution in [3.63, 3.8) is 0 Å². The van der Waals surface area contributed by atoms with Gasteiger partial charge in [-0.2, -0.15) is 0 Å². The minimum atomic E-state index is -3.85. The van der Waals surface area contributed by atoms with Crippen molar-refractivity contribution >= 4 is 50.5 Å². The van der Waals surface area contributed by atoms with Gasteiger partial charge in [-0.15, -0.1) is 0 Å². The third kappa shape index (κ3) is 4.72. The number of halogens is 3. The van der Waals surface area contributed by atoms with Gasteiger partial charge in [0, 0.05) is 13.1 Å². The van der Waals surface area contributed by atoms with E-state index in [1.807, 2.05) is 18.2 Å². The molecule has 3 aromatic rings. The summed E-state index contributed by atoms with van der Waals surface area (Å²) in [6.07, 6.45) is 0.770. The first-order valence-corrected chi connectivity index (χ1v) is 12.2. The van der Waals surface area contributed by atoms with Crippen molar-refractivity contribution in [3.8, 4) is 0 Å². The molecule has 1 aliphatic heterocycles. The molecule has 4 rings (SSSR count). The monoisotopic (exact) mass is 494 g/mol. The van der Waals surface area contributed by atoms with Crippen LogP contribution in [0.25, 0.3) is 0 Å². The Morgan fingerprint density at radius 1 is 0.935 bits per heavy atom. The Kier molecular flexibility index (Phi) is 6.26. The van der Waals surface area contributed by atoms with Gasteiger partial charge in [-0.3, -0.25) is 4.79 Å². The fourth-order valence-electron chi connectivity index (χ4n) is 3.53. The second kappa shape index (κ2) is 8.79. The molecule has 0 bridgehead atoms. The van der Waals surface area contributed by atoms with Gasteiger partial charge in [-0.1, -0.05) is 65.1 Å². The molecule has 160 valence electrons. The first-order chi connectivity index (χ1) is 14.7. The highest BCUT2D eigenvalue weighted by atomic mass is 35.5. The van der Waals surface area contributed by atoms with Crippen LogP contribution in [0.15, 0.2) is 59.5 Å². The van der Waals surface area contributed by atoms with Crippen LogP contribution in [0.1, 0.15) is 27.3 Å². The third-order valence-electron chi connectivity index (χ3n) is 5.09. The fourth-order valence-corrected chi connectivity index (χ4v) is 5.85. The minimum Gasteiger partial charge on any atom is -0.333 e. The molecule has 0 radical (unpaired) electrons. The van der Waals surface area contributed by atoms with E-state index in [0.29, 0.717) is 13.1 Å². The molecule has 0 atom stereocenters. The van der Waals surface area contributed by atoms with Gasteiger partial charge in [0.05, 0.1) is 31.4 Å². The van der Waals surface area contributed by atoms with Crippen molar-refractivity contribution in [3.05, 3.63) is 92.2 Å². The summed E-state index contributed by atoms with van der Waals surface area (Å²) in [6.45, 7) is 1.08. The van der Waals surface area contributed by atoms with Gasteiger partial charge in [0.2, 0.25) is 0 Å². The number of sulfone groups is 1. The average Bonchev–Trinajstić information content (AvgIpc) is 2.75. The van der Waals surface area contributed by atoms with Gasteiger partial charge >= 0.3 is 0 Å². The fraction of sp³-hybridized carbons (Fsp3) is 0.182. The van der Waals surface area contributed by atoms with Crippen molar-refractivity contribution in [1.29, 1.82) is 0 Å². The van der Waals surface area contributed by atoms with Crippen LogP contribution >= 0.6 is 34.8 Å². The van der Waals surface area contributed by atoms with Crippen LogP contribution in [-0.4, -0.2) is 30.8 Å². The number of carbonyl (C=O) groups excluding carboxylic acids is 1. The zero-order valence-corrected chi connectivity index (χ0v) is 19.3.